The predicted molar refractivity (Wildman–Crippen MR) is 86.2 cm³/mol. The van der Waals surface area contributed by atoms with Crippen LogP contribution < -0.4 is 14.9 Å². The van der Waals surface area contributed by atoms with Crippen LogP contribution in [-0.2, 0) is 4.79 Å². The van der Waals surface area contributed by atoms with Crippen LogP contribution in [0.1, 0.15) is 18.9 Å². The summed E-state index contributed by atoms with van der Waals surface area (Å²) in [7, 11) is 0. The molecule has 0 saturated carbocycles. The fraction of sp³-hybridized carbons (Fsp3) is 0.429. The molecule has 0 aromatic heterocycles. The lowest BCUT2D eigenvalue weighted by Gasteiger charge is -2.19. The van der Waals surface area contributed by atoms with Gasteiger partial charge in [-0.05, 0) is 30.7 Å². The van der Waals surface area contributed by atoms with Crippen LogP contribution in [-0.4, -0.2) is 34.5 Å². The maximum absolute atomic E-state index is 11.9. The predicted octanol–water partition coefficient (Wildman–Crippen LogP) is 2.45. The lowest BCUT2D eigenvalue weighted by Crippen LogP contribution is -2.26. The molecule has 1 aromatic rings. The quantitative estimate of drug-likeness (QED) is 0.681. The highest BCUT2D eigenvalue weighted by atomic mass is 32.2. The second kappa shape index (κ2) is 6.19. The average molecular weight is 324 g/mol. The van der Waals surface area contributed by atoms with Crippen LogP contribution in [0.2, 0.25) is 0 Å². The number of hydrazone groups is 1. The maximum Gasteiger partial charge on any atom is 0.242 e. The number of hydrogen-bond acceptors (Lipinski definition) is 6. The molecule has 1 aromatic carbocycles. The van der Waals surface area contributed by atoms with Gasteiger partial charge in [-0.2, -0.15) is 5.10 Å². The summed E-state index contributed by atoms with van der Waals surface area (Å²) >= 11 is 3.67. The topological polar surface area (TPSA) is 59.9 Å². The van der Waals surface area contributed by atoms with Crippen molar-refractivity contribution in [1.82, 2.24) is 5.43 Å². The van der Waals surface area contributed by atoms with Gasteiger partial charge in [0.05, 0.1) is 16.7 Å². The van der Waals surface area contributed by atoms with Gasteiger partial charge in [0, 0.05) is 11.5 Å². The Labute approximate surface area is 131 Å². The second-order valence-electron chi connectivity index (χ2n) is 4.91. The minimum absolute atomic E-state index is 0.0155. The van der Waals surface area contributed by atoms with E-state index in [1.54, 1.807) is 6.21 Å². The Morgan fingerprint density at radius 3 is 2.95 bits per heavy atom. The van der Waals surface area contributed by atoms with E-state index in [1.165, 1.54) is 0 Å². The van der Waals surface area contributed by atoms with Crippen LogP contribution in [0, 0.1) is 0 Å². The van der Waals surface area contributed by atoms with Gasteiger partial charge in [0.25, 0.3) is 0 Å². The molecule has 0 unspecified atom stereocenters. The molecule has 1 N–H and O–H groups in total. The molecule has 1 fully saturated rings. The number of amides is 1. The summed E-state index contributed by atoms with van der Waals surface area (Å²) in [6.07, 6.45) is 2.08. The molecule has 1 amide bonds. The standard InChI is InChI=1S/C14H16N2O3S2/c1-14(20-4-5-21-14)7-13(17)16-15-8-10-2-3-11-12(6-10)19-9-18-11/h2-3,6,8H,4-5,7,9H2,1H3,(H,16,17)/b15-8-. The van der Waals surface area contributed by atoms with Crippen molar-refractivity contribution in [1.29, 1.82) is 0 Å². The third-order valence-corrected chi connectivity index (χ3v) is 6.47. The summed E-state index contributed by atoms with van der Waals surface area (Å²) in [6.45, 7) is 2.36. The minimum Gasteiger partial charge on any atom is -0.454 e. The van der Waals surface area contributed by atoms with E-state index in [9.17, 15) is 4.79 Å². The van der Waals surface area contributed by atoms with Crippen molar-refractivity contribution >= 4 is 35.6 Å². The lowest BCUT2D eigenvalue weighted by molar-refractivity contribution is -0.121. The molecule has 0 bridgehead atoms. The molecular formula is C14H16N2O3S2. The lowest BCUT2D eigenvalue weighted by atomic mass is 10.2. The summed E-state index contributed by atoms with van der Waals surface area (Å²) in [4.78, 5) is 11.9. The molecule has 112 valence electrons. The number of fused-ring (bicyclic) bond motifs is 1. The van der Waals surface area contributed by atoms with Gasteiger partial charge in [-0.1, -0.05) is 0 Å². The first-order chi connectivity index (χ1) is 10.1. The van der Waals surface area contributed by atoms with Crippen LogP contribution in [0.4, 0.5) is 0 Å². The van der Waals surface area contributed by atoms with Crippen molar-refractivity contribution in [3.05, 3.63) is 23.8 Å². The Bertz CT molecular complexity index is 571. The number of nitrogens with one attached hydrogen (secondary N) is 1. The van der Waals surface area contributed by atoms with E-state index in [0.29, 0.717) is 12.2 Å². The zero-order chi connectivity index (χ0) is 14.7. The monoisotopic (exact) mass is 324 g/mol. The highest BCUT2D eigenvalue weighted by molar-refractivity contribution is 8.21. The molecule has 2 aliphatic heterocycles. The molecule has 0 atom stereocenters. The minimum atomic E-state index is -0.0589. The molecule has 7 heteroatoms. The molecule has 21 heavy (non-hydrogen) atoms. The van der Waals surface area contributed by atoms with E-state index in [1.807, 2.05) is 41.7 Å². The highest BCUT2D eigenvalue weighted by Crippen LogP contribution is 2.45. The number of thioether (sulfide) groups is 2. The zero-order valence-electron chi connectivity index (χ0n) is 11.6. The van der Waals surface area contributed by atoms with Crippen molar-refractivity contribution in [2.24, 2.45) is 5.10 Å². The van der Waals surface area contributed by atoms with E-state index in [4.69, 9.17) is 9.47 Å². The smallest absolute Gasteiger partial charge is 0.242 e. The first-order valence-corrected chi connectivity index (χ1v) is 8.61. The number of ether oxygens (including phenoxy) is 2. The second-order valence-corrected chi connectivity index (χ2v) is 8.37. The Morgan fingerprint density at radius 2 is 2.14 bits per heavy atom. The Balaban J connectivity index is 1.53. The van der Waals surface area contributed by atoms with Crippen molar-refractivity contribution < 1.29 is 14.3 Å². The fourth-order valence-corrected chi connectivity index (χ4v) is 4.99. The summed E-state index contributed by atoms with van der Waals surface area (Å²) in [6, 6.07) is 5.54. The Morgan fingerprint density at radius 1 is 1.38 bits per heavy atom. The third kappa shape index (κ3) is 3.65. The number of hydrogen-bond donors (Lipinski definition) is 1. The number of benzene rings is 1. The summed E-state index contributed by atoms with van der Waals surface area (Å²) in [5.41, 5.74) is 3.44. The average Bonchev–Trinajstić information content (AvgIpc) is 3.07. The van der Waals surface area contributed by atoms with Gasteiger partial charge in [0.15, 0.2) is 11.5 Å². The van der Waals surface area contributed by atoms with Crippen LogP contribution in [0.3, 0.4) is 0 Å². The fourth-order valence-electron chi connectivity index (χ4n) is 2.16. The molecule has 2 heterocycles. The zero-order valence-corrected chi connectivity index (χ0v) is 13.3. The van der Waals surface area contributed by atoms with Gasteiger partial charge < -0.3 is 9.47 Å². The van der Waals surface area contributed by atoms with E-state index in [-0.39, 0.29) is 16.8 Å². The number of carbonyl (C=O) groups excluding carboxylic acids is 1. The number of carbonyl (C=O) groups is 1. The van der Waals surface area contributed by atoms with E-state index in [2.05, 4.69) is 17.5 Å². The molecule has 0 aliphatic carbocycles. The van der Waals surface area contributed by atoms with Gasteiger partial charge in [0.1, 0.15) is 0 Å². The highest BCUT2D eigenvalue weighted by Gasteiger charge is 2.32. The normalized spacial score (nSPS) is 19.1. The van der Waals surface area contributed by atoms with E-state index >= 15 is 0 Å². The molecule has 1 saturated heterocycles. The molecule has 0 radical (unpaired) electrons. The first-order valence-electron chi connectivity index (χ1n) is 6.64. The van der Waals surface area contributed by atoms with Gasteiger partial charge in [-0.25, -0.2) is 5.43 Å². The first kappa shape index (κ1) is 14.6. The molecule has 0 spiro atoms. The van der Waals surface area contributed by atoms with Crippen LogP contribution in [0.5, 0.6) is 11.5 Å². The Hall–Kier alpha value is -1.34. The van der Waals surface area contributed by atoms with Crippen molar-refractivity contribution in [3.63, 3.8) is 0 Å². The van der Waals surface area contributed by atoms with Crippen molar-refractivity contribution in [3.8, 4) is 11.5 Å². The van der Waals surface area contributed by atoms with E-state index < -0.39 is 0 Å². The number of rotatable bonds is 4. The van der Waals surface area contributed by atoms with Gasteiger partial charge >= 0.3 is 0 Å². The SMILES string of the molecule is CC1(CC(=O)N/N=C\c2ccc3c(c2)OCO3)SCCS1. The van der Waals surface area contributed by atoms with Gasteiger partial charge in [-0.3, -0.25) is 4.79 Å². The number of nitrogens with zero attached hydrogens (tertiary/aromatic N) is 1. The van der Waals surface area contributed by atoms with E-state index in [0.717, 1.165) is 22.8 Å². The van der Waals surface area contributed by atoms with Crippen LogP contribution in [0.25, 0.3) is 0 Å². The Kier molecular flexibility index (Phi) is 4.30. The summed E-state index contributed by atoms with van der Waals surface area (Å²) in [5.74, 6) is 3.59. The largest absolute Gasteiger partial charge is 0.454 e. The molecule has 5 nitrogen and oxygen atoms in total. The van der Waals surface area contributed by atoms with Gasteiger partial charge in [-0.15, -0.1) is 23.5 Å². The van der Waals surface area contributed by atoms with Gasteiger partial charge in [0.2, 0.25) is 12.7 Å². The third-order valence-electron chi connectivity index (χ3n) is 3.18. The summed E-state index contributed by atoms with van der Waals surface area (Å²) < 4.78 is 10.5. The van der Waals surface area contributed by atoms with Crippen LogP contribution >= 0.6 is 23.5 Å². The summed E-state index contributed by atoms with van der Waals surface area (Å²) in [5, 5.41) is 4.00. The molecule has 3 rings (SSSR count). The van der Waals surface area contributed by atoms with Crippen LogP contribution in [0.15, 0.2) is 23.3 Å². The molecule has 2 aliphatic rings. The van der Waals surface area contributed by atoms with Crippen molar-refractivity contribution in [2.75, 3.05) is 18.3 Å². The maximum atomic E-state index is 11.9. The van der Waals surface area contributed by atoms with Crippen molar-refractivity contribution in [2.45, 2.75) is 17.4 Å². The molecular weight excluding hydrogens is 308 g/mol.